The van der Waals surface area contributed by atoms with E-state index in [9.17, 15) is 13.6 Å². The van der Waals surface area contributed by atoms with Gasteiger partial charge in [0.25, 0.3) is 0 Å². The fourth-order valence-corrected chi connectivity index (χ4v) is 1.56. The van der Waals surface area contributed by atoms with Crippen LogP contribution in [0.5, 0.6) is 5.75 Å². The van der Waals surface area contributed by atoms with E-state index in [1.165, 1.54) is 6.07 Å². The molecule has 3 N–H and O–H groups in total. The van der Waals surface area contributed by atoms with Crippen molar-refractivity contribution in [2.45, 2.75) is 26.0 Å². The van der Waals surface area contributed by atoms with Crippen molar-refractivity contribution < 1.29 is 18.3 Å². The first-order valence-electron chi connectivity index (χ1n) is 5.56. The third-order valence-electron chi connectivity index (χ3n) is 2.42. The van der Waals surface area contributed by atoms with Crippen LogP contribution in [0.2, 0.25) is 0 Å². The molecule has 4 nitrogen and oxygen atoms in total. The standard InChI is InChI=1S/C12H16F2N2O2/c1-8(16-7-6-11(15)17)9-4-2-3-5-10(9)18-12(13)14/h2-5,8,12,16H,6-7H2,1H3,(H2,15,17). The average Bonchev–Trinajstić information content (AvgIpc) is 2.28. The van der Waals surface area contributed by atoms with Crippen LogP contribution in [0.3, 0.4) is 0 Å². The molecule has 0 aliphatic carbocycles. The molecule has 0 radical (unpaired) electrons. The zero-order valence-electron chi connectivity index (χ0n) is 10.0. The SMILES string of the molecule is CC(NCCC(N)=O)c1ccccc1OC(F)F. The Morgan fingerprint density at radius 2 is 2.11 bits per heavy atom. The molecular formula is C12H16F2N2O2. The van der Waals surface area contributed by atoms with E-state index in [1.807, 2.05) is 0 Å². The Bertz CT molecular complexity index is 399. The number of benzene rings is 1. The van der Waals surface area contributed by atoms with Gasteiger partial charge in [0.05, 0.1) is 0 Å². The van der Waals surface area contributed by atoms with E-state index in [0.717, 1.165) is 0 Å². The maximum Gasteiger partial charge on any atom is 0.387 e. The van der Waals surface area contributed by atoms with Gasteiger partial charge >= 0.3 is 6.61 Å². The summed E-state index contributed by atoms with van der Waals surface area (Å²) in [5, 5.41) is 3.02. The van der Waals surface area contributed by atoms with Gasteiger partial charge in [0, 0.05) is 24.6 Å². The number of hydrogen-bond donors (Lipinski definition) is 2. The molecule has 100 valence electrons. The molecule has 1 aromatic rings. The number of nitrogens with one attached hydrogen (secondary N) is 1. The summed E-state index contributed by atoms with van der Waals surface area (Å²) < 4.78 is 28.9. The molecule has 1 unspecified atom stereocenters. The quantitative estimate of drug-likeness (QED) is 0.784. The van der Waals surface area contributed by atoms with Gasteiger partial charge in [-0.1, -0.05) is 18.2 Å². The van der Waals surface area contributed by atoms with Crippen LogP contribution in [0, 0.1) is 0 Å². The molecule has 0 spiro atoms. The Hall–Kier alpha value is -1.69. The molecule has 0 heterocycles. The summed E-state index contributed by atoms with van der Waals surface area (Å²) in [4.78, 5) is 10.6. The van der Waals surface area contributed by atoms with E-state index in [4.69, 9.17) is 5.73 Å². The van der Waals surface area contributed by atoms with Crippen LogP contribution >= 0.6 is 0 Å². The first-order chi connectivity index (χ1) is 8.50. The first-order valence-corrected chi connectivity index (χ1v) is 5.56. The van der Waals surface area contributed by atoms with Gasteiger partial charge in [0.1, 0.15) is 5.75 Å². The highest BCUT2D eigenvalue weighted by molar-refractivity contribution is 5.73. The van der Waals surface area contributed by atoms with Crippen LogP contribution < -0.4 is 15.8 Å². The predicted molar refractivity (Wildman–Crippen MR) is 63.3 cm³/mol. The van der Waals surface area contributed by atoms with Gasteiger partial charge in [-0.3, -0.25) is 4.79 Å². The van der Waals surface area contributed by atoms with Crippen LogP contribution in [0.15, 0.2) is 24.3 Å². The first kappa shape index (κ1) is 14.4. The molecule has 18 heavy (non-hydrogen) atoms. The number of amides is 1. The van der Waals surface area contributed by atoms with Crippen molar-refractivity contribution >= 4 is 5.91 Å². The maximum atomic E-state index is 12.2. The number of rotatable bonds is 7. The largest absolute Gasteiger partial charge is 0.434 e. The van der Waals surface area contributed by atoms with Gasteiger partial charge in [-0.2, -0.15) is 8.78 Å². The fraction of sp³-hybridized carbons (Fsp3) is 0.417. The normalized spacial score (nSPS) is 12.4. The number of primary amides is 1. The van der Waals surface area contributed by atoms with Gasteiger partial charge in [0.15, 0.2) is 0 Å². The molecule has 1 rings (SSSR count). The summed E-state index contributed by atoms with van der Waals surface area (Å²) in [5.41, 5.74) is 5.62. The van der Waals surface area contributed by atoms with Crippen molar-refractivity contribution in [2.24, 2.45) is 5.73 Å². The minimum atomic E-state index is -2.86. The third kappa shape index (κ3) is 4.67. The van der Waals surface area contributed by atoms with Crippen LogP contribution in [-0.4, -0.2) is 19.1 Å². The smallest absolute Gasteiger partial charge is 0.387 e. The summed E-state index contributed by atoms with van der Waals surface area (Å²) in [6.07, 6.45) is 0.197. The van der Waals surface area contributed by atoms with E-state index < -0.39 is 12.5 Å². The van der Waals surface area contributed by atoms with Crippen LogP contribution in [-0.2, 0) is 4.79 Å². The number of halogens is 2. The summed E-state index contributed by atoms with van der Waals surface area (Å²) in [5.74, 6) is -0.279. The lowest BCUT2D eigenvalue weighted by Gasteiger charge is -2.17. The molecule has 0 fully saturated rings. The number of para-hydroxylation sites is 1. The number of carbonyl (C=O) groups excluding carboxylic acids is 1. The van der Waals surface area contributed by atoms with Crippen molar-refractivity contribution in [3.63, 3.8) is 0 Å². The van der Waals surface area contributed by atoms with Crippen LogP contribution in [0.1, 0.15) is 24.9 Å². The second-order valence-electron chi connectivity index (χ2n) is 3.81. The van der Waals surface area contributed by atoms with Crippen LogP contribution in [0.4, 0.5) is 8.78 Å². The third-order valence-corrected chi connectivity index (χ3v) is 2.42. The van der Waals surface area contributed by atoms with E-state index in [2.05, 4.69) is 10.1 Å². The van der Waals surface area contributed by atoms with Crippen LogP contribution in [0.25, 0.3) is 0 Å². The van der Waals surface area contributed by atoms with Crippen molar-refractivity contribution in [1.29, 1.82) is 0 Å². The molecule has 0 saturated carbocycles. The second-order valence-corrected chi connectivity index (χ2v) is 3.81. The van der Waals surface area contributed by atoms with Crippen molar-refractivity contribution in [3.05, 3.63) is 29.8 Å². The lowest BCUT2D eigenvalue weighted by atomic mass is 10.1. The molecule has 0 bridgehead atoms. The molecule has 0 aliphatic rings. The molecule has 1 aromatic carbocycles. The van der Waals surface area contributed by atoms with E-state index in [1.54, 1.807) is 25.1 Å². The Morgan fingerprint density at radius 3 is 2.72 bits per heavy atom. The van der Waals surface area contributed by atoms with Gasteiger partial charge in [0.2, 0.25) is 5.91 Å². The zero-order valence-corrected chi connectivity index (χ0v) is 10.0. The molecular weight excluding hydrogens is 242 g/mol. The highest BCUT2D eigenvalue weighted by Crippen LogP contribution is 2.26. The highest BCUT2D eigenvalue weighted by atomic mass is 19.3. The van der Waals surface area contributed by atoms with Crippen molar-refractivity contribution in [3.8, 4) is 5.75 Å². The minimum absolute atomic E-state index is 0.131. The zero-order chi connectivity index (χ0) is 13.5. The molecule has 0 aromatic heterocycles. The number of alkyl halides is 2. The van der Waals surface area contributed by atoms with Gasteiger partial charge in [-0.25, -0.2) is 0 Å². The summed E-state index contributed by atoms with van der Waals surface area (Å²) in [6.45, 7) is -0.669. The highest BCUT2D eigenvalue weighted by Gasteiger charge is 2.13. The monoisotopic (exact) mass is 258 g/mol. The van der Waals surface area contributed by atoms with E-state index in [-0.39, 0.29) is 18.2 Å². The van der Waals surface area contributed by atoms with E-state index in [0.29, 0.717) is 12.1 Å². The van der Waals surface area contributed by atoms with Gasteiger partial charge in [-0.05, 0) is 13.0 Å². The van der Waals surface area contributed by atoms with Crippen molar-refractivity contribution in [2.75, 3.05) is 6.54 Å². The van der Waals surface area contributed by atoms with Gasteiger partial charge in [-0.15, -0.1) is 0 Å². The molecule has 1 atom stereocenters. The lowest BCUT2D eigenvalue weighted by molar-refractivity contribution is -0.117. The summed E-state index contributed by atoms with van der Waals surface area (Å²) in [7, 11) is 0. The van der Waals surface area contributed by atoms with Gasteiger partial charge < -0.3 is 15.8 Å². The van der Waals surface area contributed by atoms with Crippen molar-refractivity contribution in [1.82, 2.24) is 5.32 Å². The Labute approximate surface area is 104 Å². The molecule has 6 heteroatoms. The molecule has 0 saturated heterocycles. The average molecular weight is 258 g/mol. The minimum Gasteiger partial charge on any atom is -0.434 e. The number of carbonyl (C=O) groups is 1. The second kappa shape index (κ2) is 6.90. The number of hydrogen-bond acceptors (Lipinski definition) is 3. The summed E-state index contributed by atoms with van der Waals surface area (Å²) >= 11 is 0. The Morgan fingerprint density at radius 1 is 1.44 bits per heavy atom. The Balaban J connectivity index is 2.66. The lowest BCUT2D eigenvalue weighted by Crippen LogP contribution is -2.25. The number of nitrogens with two attached hydrogens (primary N) is 1. The maximum absolute atomic E-state index is 12.2. The molecule has 0 aliphatic heterocycles. The fourth-order valence-electron chi connectivity index (χ4n) is 1.56. The van der Waals surface area contributed by atoms with E-state index >= 15 is 0 Å². The topological polar surface area (TPSA) is 64.3 Å². The Kier molecular flexibility index (Phi) is 5.51. The number of ether oxygens (including phenoxy) is 1. The predicted octanol–water partition coefficient (Wildman–Crippen LogP) is 1.81. The summed E-state index contributed by atoms with van der Waals surface area (Å²) in [6, 6.07) is 6.32. The molecule has 1 amide bonds.